The molecule has 3 rings (SSSR count). The van der Waals surface area contributed by atoms with Gasteiger partial charge in [0.15, 0.2) is 0 Å². The van der Waals surface area contributed by atoms with E-state index in [1.165, 1.54) is 22.4 Å². The van der Waals surface area contributed by atoms with Crippen molar-refractivity contribution in [2.45, 2.75) is 45.3 Å². The lowest BCUT2D eigenvalue weighted by Gasteiger charge is -2.28. The minimum atomic E-state index is -0.446. The maximum Gasteiger partial charge on any atom is 0.324 e. The van der Waals surface area contributed by atoms with E-state index >= 15 is 0 Å². The molecule has 0 spiro atoms. The molecule has 0 fully saturated rings. The van der Waals surface area contributed by atoms with Crippen LogP contribution in [0.15, 0.2) is 24.3 Å². The van der Waals surface area contributed by atoms with Crippen molar-refractivity contribution in [3.63, 3.8) is 0 Å². The van der Waals surface area contributed by atoms with Gasteiger partial charge in [-0.2, -0.15) is 0 Å². The first-order valence-corrected chi connectivity index (χ1v) is 7.95. The summed E-state index contributed by atoms with van der Waals surface area (Å²) in [6.07, 6.45) is 3.92. The number of ether oxygens (including phenoxy) is 1. The summed E-state index contributed by atoms with van der Waals surface area (Å²) in [4.78, 5) is 12.3. The van der Waals surface area contributed by atoms with Crippen LogP contribution in [0.1, 0.15) is 38.3 Å². The van der Waals surface area contributed by atoms with Gasteiger partial charge in [-0.25, -0.2) is 0 Å². The Morgan fingerprint density at radius 3 is 2.91 bits per heavy atom. The number of hydrogen-bond donors (Lipinski definition) is 2. The van der Waals surface area contributed by atoms with Gasteiger partial charge in [0.05, 0.1) is 0 Å². The molecule has 2 aliphatic rings. The highest BCUT2D eigenvalue weighted by Crippen LogP contribution is 2.33. The molecule has 0 bridgehead atoms. The van der Waals surface area contributed by atoms with Gasteiger partial charge in [-0.1, -0.05) is 18.2 Å². The van der Waals surface area contributed by atoms with E-state index in [0.29, 0.717) is 13.0 Å². The average Bonchev–Trinajstić information content (AvgIpc) is 2.94. The Morgan fingerprint density at radius 2 is 2.14 bits per heavy atom. The number of benzene rings is 1. The maximum absolute atomic E-state index is 12.3. The Labute approximate surface area is 131 Å². The number of carbonyl (C=O) groups is 1. The highest BCUT2D eigenvalue weighted by atomic mass is 16.6. The fraction of sp³-hybridized carbons (Fsp3) is 0.500. The van der Waals surface area contributed by atoms with E-state index in [2.05, 4.69) is 34.9 Å². The Morgan fingerprint density at radius 1 is 1.32 bits per heavy atom. The summed E-state index contributed by atoms with van der Waals surface area (Å²) >= 11 is 0. The summed E-state index contributed by atoms with van der Waals surface area (Å²) in [5.74, 6) is -0.163. The Kier molecular flexibility index (Phi) is 3.96. The minimum absolute atomic E-state index is 0.163. The lowest BCUT2D eigenvalue weighted by atomic mass is 9.91. The van der Waals surface area contributed by atoms with Crippen LogP contribution in [-0.2, 0) is 16.0 Å². The van der Waals surface area contributed by atoms with Crippen LogP contribution in [0.4, 0.5) is 5.69 Å². The second-order valence-corrected chi connectivity index (χ2v) is 6.94. The normalized spacial score (nSPS) is 20.9. The third-order valence-corrected chi connectivity index (χ3v) is 4.04. The van der Waals surface area contributed by atoms with Gasteiger partial charge in [0.1, 0.15) is 11.6 Å². The summed E-state index contributed by atoms with van der Waals surface area (Å²) < 4.78 is 5.51. The van der Waals surface area contributed by atoms with Crippen LogP contribution in [0.5, 0.6) is 0 Å². The molecule has 0 radical (unpaired) electrons. The summed E-state index contributed by atoms with van der Waals surface area (Å²) in [5.41, 5.74) is 4.68. The molecule has 0 aromatic heterocycles. The van der Waals surface area contributed by atoms with Crippen LogP contribution in [0.25, 0.3) is 5.57 Å². The SMILES string of the molecule is CC(C)(C)OC(=O)C1CC(c2cccc3c2CCN3)=CCN1. The van der Waals surface area contributed by atoms with E-state index in [-0.39, 0.29) is 12.0 Å². The molecule has 1 unspecified atom stereocenters. The second kappa shape index (κ2) is 5.76. The molecule has 2 heterocycles. The van der Waals surface area contributed by atoms with Crippen molar-refractivity contribution in [2.24, 2.45) is 0 Å². The number of rotatable bonds is 2. The molecule has 1 aromatic rings. The van der Waals surface area contributed by atoms with E-state index in [1.54, 1.807) is 0 Å². The third-order valence-electron chi connectivity index (χ3n) is 4.04. The van der Waals surface area contributed by atoms with Gasteiger partial charge in [0.25, 0.3) is 0 Å². The number of esters is 1. The second-order valence-electron chi connectivity index (χ2n) is 6.94. The molecule has 4 nitrogen and oxygen atoms in total. The van der Waals surface area contributed by atoms with Crippen LogP contribution < -0.4 is 10.6 Å². The summed E-state index contributed by atoms with van der Waals surface area (Å²) in [5, 5.41) is 6.65. The first kappa shape index (κ1) is 15.1. The molecule has 2 aliphatic heterocycles. The molecule has 1 atom stereocenters. The van der Waals surface area contributed by atoms with Crippen LogP contribution in [0.3, 0.4) is 0 Å². The standard InChI is InChI=1S/C18H24N2O2/c1-18(2,3)22-17(21)16-11-12(7-9-20-16)13-5-4-6-15-14(13)8-10-19-15/h4-7,16,19-20H,8-11H2,1-3H3. The zero-order valence-electron chi connectivity index (χ0n) is 13.5. The van der Waals surface area contributed by atoms with E-state index < -0.39 is 5.60 Å². The van der Waals surface area contributed by atoms with Crippen LogP contribution >= 0.6 is 0 Å². The summed E-state index contributed by atoms with van der Waals surface area (Å²) in [7, 11) is 0. The molecule has 0 saturated heterocycles. The topological polar surface area (TPSA) is 50.4 Å². The number of carbonyl (C=O) groups excluding carboxylic acids is 1. The van der Waals surface area contributed by atoms with E-state index in [9.17, 15) is 4.79 Å². The van der Waals surface area contributed by atoms with Gasteiger partial charge >= 0.3 is 5.97 Å². The van der Waals surface area contributed by atoms with Gasteiger partial charge in [0.2, 0.25) is 0 Å². The predicted molar refractivity (Wildman–Crippen MR) is 88.9 cm³/mol. The minimum Gasteiger partial charge on any atom is -0.459 e. The van der Waals surface area contributed by atoms with Crippen molar-refractivity contribution < 1.29 is 9.53 Å². The average molecular weight is 300 g/mol. The Hall–Kier alpha value is -1.81. The van der Waals surface area contributed by atoms with Crippen LogP contribution in [-0.4, -0.2) is 30.7 Å². The molecule has 0 saturated carbocycles. The van der Waals surface area contributed by atoms with E-state index in [1.807, 2.05) is 20.8 Å². The molecule has 4 heteroatoms. The van der Waals surface area contributed by atoms with Gasteiger partial charge in [0, 0.05) is 18.8 Å². The zero-order chi connectivity index (χ0) is 15.7. The number of anilines is 1. The number of hydrogen-bond acceptors (Lipinski definition) is 4. The highest BCUT2D eigenvalue weighted by molar-refractivity contribution is 5.83. The first-order valence-electron chi connectivity index (χ1n) is 7.95. The van der Waals surface area contributed by atoms with E-state index in [4.69, 9.17) is 4.74 Å². The fourth-order valence-corrected chi connectivity index (χ4v) is 3.10. The maximum atomic E-state index is 12.3. The molecule has 22 heavy (non-hydrogen) atoms. The van der Waals surface area contributed by atoms with Crippen molar-refractivity contribution in [1.29, 1.82) is 0 Å². The smallest absolute Gasteiger partial charge is 0.324 e. The quantitative estimate of drug-likeness (QED) is 0.825. The highest BCUT2D eigenvalue weighted by Gasteiger charge is 2.28. The summed E-state index contributed by atoms with van der Waals surface area (Å²) in [6, 6.07) is 6.11. The largest absolute Gasteiger partial charge is 0.459 e. The van der Waals surface area contributed by atoms with Gasteiger partial charge < -0.3 is 15.4 Å². The van der Waals surface area contributed by atoms with Crippen molar-refractivity contribution in [1.82, 2.24) is 5.32 Å². The van der Waals surface area contributed by atoms with Gasteiger partial charge in [-0.15, -0.1) is 0 Å². The number of nitrogens with one attached hydrogen (secondary N) is 2. The van der Waals surface area contributed by atoms with Crippen molar-refractivity contribution in [2.75, 3.05) is 18.4 Å². The fourth-order valence-electron chi connectivity index (χ4n) is 3.10. The Balaban J connectivity index is 1.78. The van der Waals surface area contributed by atoms with E-state index in [0.717, 1.165) is 13.0 Å². The van der Waals surface area contributed by atoms with Crippen LogP contribution in [0.2, 0.25) is 0 Å². The molecule has 0 amide bonds. The molecular formula is C18H24N2O2. The Bertz CT molecular complexity index is 614. The van der Waals surface area contributed by atoms with Crippen molar-refractivity contribution in [3.8, 4) is 0 Å². The van der Waals surface area contributed by atoms with Crippen molar-refractivity contribution >= 4 is 17.2 Å². The molecule has 0 aliphatic carbocycles. The monoisotopic (exact) mass is 300 g/mol. The van der Waals surface area contributed by atoms with Crippen LogP contribution in [0, 0.1) is 0 Å². The van der Waals surface area contributed by atoms with Crippen molar-refractivity contribution in [3.05, 3.63) is 35.4 Å². The summed E-state index contributed by atoms with van der Waals surface area (Å²) in [6.45, 7) is 7.41. The predicted octanol–water partition coefficient (Wildman–Crippen LogP) is 2.74. The lowest BCUT2D eigenvalue weighted by molar-refractivity contribution is -0.157. The third kappa shape index (κ3) is 3.17. The number of fused-ring (bicyclic) bond motifs is 1. The first-order chi connectivity index (χ1) is 10.4. The molecule has 118 valence electrons. The lowest BCUT2D eigenvalue weighted by Crippen LogP contribution is -2.43. The zero-order valence-corrected chi connectivity index (χ0v) is 13.5. The van der Waals surface area contributed by atoms with Gasteiger partial charge in [-0.3, -0.25) is 4.79 Å². The van der Waals surface area contributed by atoms with Gasteiger partial charge in [-0.05, 0) is 56.4 Å². The molecular weight excluding hydrogens is 276 g/mol. The molecule has 1 aromatic carbocycles. The molecule has 2 N–H and O–H groups in total.